The van der Waals surface area contributed by atoms with Gasteiger partial charge in [-0.1, -0.05) is 78.3 Å². The maximum atomic E-state index is 12.5. The molecule has 2 heterocycles. The van der Waals surface area contributed by atoms with Crippen molar-refractivity contribution in [3.63, 3.8) is 0 Å². The van der Waals surface area contributed by atoms with Crippen LogP contribution in [0.15, 0.2) is 95.6 Å². The lowest BCUT2D eigenvalue weighted by molar-refractivity contribution is -0.130. The minimum Gasteiger partial charge on any atom is -0.423 e. The molecule has 0 bridgehead atoms. The summed E-state index contributed by atoms with van der Waals surface area (Å²) in [6, 6.07) is 24.0. The fraction of sp³-hybridized carbons (Fsp3) is 0. The highest BCUT2D eigenvalue weighted by Crippen LogP contribution is 2.37. The van der Waals surface area contributed by atoms with Gasteiger partial charge in [0.25, 0.3) is 0 Å². The van der Waals surface area contributed by atoms with Crippen molar-refractivity contribution >= 4 is 63.0 Å². The summed E-state index contributed by atoms with van der Waals surface area (Å²) < 4.78 is 11.9. The van der Waals surface area contributed by atoms with Crippen molar-refractivity contribution in [1.82, 2.24) is 0 Å². The Labute approximate surface area is 204 Å². The Hall–Kier alpha value is -4.00. The molecule has 0 radical (unpaired) electrons. The van der Waals surface area contributed by atoms with E-state index in [1.807, 2.05) is 54.6 Å². The van der Waals surface area contributed by atoms with Crippen molar-refractivity contribution in [3.8, 4) is 5.75 Å². The second-order valence-electron chi connectivity index (χ2n) is 7.28. The Bertz CT molecular complexity index is 1500. The smallest absolute Gasteiger partial charge is 0.363 e. The average molecular weight is 486 g/mol. The Morgan fingerprint density at radius 1 is 0.971 bits per heavy atom. The molecule has 0 amide bonds. The third kappa shape index (κ3) is 4.55. The molecule has 5 nitrogen and oxygen atoms in total. The molecule has 0 spiro atoms. The third-order valence-electron chi connectivity index (χ3n) is 4.98. The molecule has 7 heteroatoms. The second-order valence-corrected chi connectivity index (χ2v) is 8.71. The molecule has 34 heavy (non-hydrogen) atoms. The molecule has 4 aromatic rings. The number of carbonyl (C=O) groups is 2. The van der Waals surface area contributed by atoms with Gasteiger partial charge in [0.15, 0.2) is 5.70 Å². The van der Waals surface area contributed by atoms with Gasteiger partial charge in [0, 0.05) is 21.7 Å². The standard InChI is InChI=1S/C27H16ClNO4S/c28-24-19-11-5-7-13-22(19)34-25(24)26-29-20(27(31)33-26)16-18-10-4-6-12-21(18)32-23(30)15-14-17-8-2-1-3-9-17/h1-16H/b15-14+,20-16+. The molecule has 166 valence electrons. The Morgan fingerprint density at radius 3 is 2.53 bits per heavy atom. The lowest BCUT2D eigenvalue weighted by atomic mass is 10.1. The summed E-state index contributed by atoms with van der Waals surface area (Å²) in [7, 11) is 0. The van der Waals surface area contributed by atoms with Crippen LogP contribution < -0.4 is 4.74 Å². The van der Waals surface area contributed by atoms with E-state index in [9.17, 15) is 9.59 Å². The molecule has 0 N–H and O–H groups in total. The monoisotopic (exact) mass is 485 g/mol. The van der Waals surface area contributed by atoms with Crippen LogP contribution in [-0.2, 0) is 14.3 Å². The van der Waals surface area contributed by atoms with Crippen molar-refractivity contribution in [1.29, 1.82) is 0 Å². The number of aliphatic imine (C=N–C) groups is 1. The molecular formula is C27H16ClNO4S. The van der Waals surface area contributed by atoms with Gasteiger partial charge in [0.05, 0.1) is 5.02 Å². The van der Waals surface area contributed by atoms with E-state index < -0.39 is 11.9 Å². The minimum atomic E-state index is -0.603. The Morgan fingerprint density at radius 2 is 1.71 bits per heavy atom. The number of halogens is 1. The number of para-hydroxylation sites is 1. The van der Waals surface area contributed by atoms with Gasteiger partial charge < -0.3 is 9.47 Å². The van der Waals surface area contributed by atoms with E-state index in [-0.39, 0.29) is 11.6 Å². The molecule has 1 aliphatic heterocycles. The summed E-state index contributed by atoms with van der Waals surface area (Å²) in [4.78, 5) is 29.8. The maximum absolute atomic E-state index is 12.5. The highest BCUT2D eigenvalue weighted by molar-refractivity contribution is 7.21. The van der Waals surface area contributed by atoms with Crippen LogP contribution in [0.2, 0.25) is 5.02 Å². The number of esters is 2. The topological polar surface area (TPSA) is 65.0 Å². The number of fused-ring (bicyclic) bond motifs is 1. The van der Waals surface area contributed by atoms with Crippen LogP contribution in [0.5, 0.6) is 5.75 Å². The average Bonchev–Trinajstić information content (AvgIpc) is 3.39. The number of thiophene rings is 1. The lowest BCUT2D eigenvalue weighted by Crippen LogP contribution is -2.05. The number of hydrogen-bond donors (Lipinski definition) is 0. The molecule has 0 atom stereocenters. The fourth-order valence-corrected chi connectivity index (χ4v) is 4.81. The summed E-state index contributed by atoms with van der Waals surface area (Å²) in [5.41, 5.74) is 1.49. The number of nitrogens with zero attached hydrogens (tertiary/aromatic N) is 1. The van der Waals surface area contributed by atoms with Crippen LogP contribution >= 0.6 is 22.9 Å². The largest absolute Gasteiger partial charge is 0.423 e. The summed E-state index contributed by atoms with van der Waals surface area (Å²) >= 11 is 7.91. The van der Waals surface area contributed by atoms with E-state index in [0.29, 0.717) is 21.2 Å². The zero-order chi connectivity index (χ0) is 23.5. The predicted molar refractivity (Wildman–Crippen MR) is 135 cm³/mol. The van der Waals surface area contributed by atoms with Crippen molar-refractivity contribution in [2.45, 2.75) is 0 Å². The van der Waals surface area contributed by atoms with Gasteiger partial charge in [-0.15, -0.1) is 11.3 Å². The number of ether oxygens (including phenoxy) is 2. The van der Waals surface area contributed by atoms with E-state index in [1.54, 1.807) is 30.3 Å². The van der Waals surface area contributed by atoms with Crippen molar-refractivity contribution in [3.05, 3.63) is 112 Å². The van der Waals surface area contributed by atoms with Gasteiger partial charge in [0.1, 0.15) is 10.6 Å². The van der Waals surface area contributed by atoms with Crippen LogP contribution in [0.25, 0.3) is 22.2 Å². The highest BCUT2D eigenvalue weighted by atomic mass is 35.5. The number of benzene rings is 3. The molecule has 0 unspecified atom stereocenters. The van der Waals surface area contributed by atoms with E-state index in [1.165, 1.54) is 23.5 Å². The third-order valence-corrected chi connectivity index (χ3v) is 6.65. The van der Waals surface area contributed by atoms with Crippen LogP contribution in [0.4, 0.5) is 0 Å². The molecular weight excluding hydrogens is 470 g/mol. The Balaban J connectivity index is 1.41. The van der Waals surface area contributed by atoms with Gasteiger partial charge in [-0.05, 0) is 29.8 Å². The number of cyclic esters (lactones) is 1. The minimum absolute atomic E-state index is 0.0897. The Kier molecular flexibility index (Phi) is 6.08. The molecule has 3 aromatic carbocycles. The van der Waals surface area contributed by atoms with Crippen LogP contribution in [0.1, 0.15) is 16.0 Å². The zero-order valence-corrected chi connectivity index (χ0v) is 19.2. The number of rotatable bonds is 5. The van der Waals surface area contributed by atoms with E-state index in [4.69, 9.17) is 21.1 Å². The quantitative estimate of drug-likeness (QED) is 0.183. The maximum Gasteiger partial charge on any atom is 0.363 e. The van der Waals surface area contributed by atoms with Crippen LogP contribution in [0, 0.1) is 0 Å². The second kappa shape index (κ2) is 9.47. The van der Waals surface area contributed by atoms with Crippen molar-refractivity contribution < 1.29 is 19.1 Å². The first-order chi connectivity index (χ1) is 16.6. The molecule has 0 saturated heterocycles. The molecule has 0 fully saturated rings. The summed E-state index contributed by atoms with van der Waals surface area (Å²) in [5, 5.41) is 1.37. The number of carbonyl (C=O) groups excluding carboxylic acids is 2. The highest BCUT2D eigenvalue weighted by Gasteiger charge is 2.28. The first kappa shape index (κ1) is 21.8. The van der Waals surface area contributed by atoms with Gasteiger partial charge in [-0.2, -0.15) is 0 Å². The summed E-state index contributed by atoms with van der Waals surface area (Å²) in [5.74, 6) is -0.685. The van der Waals surface area contributed by atoms with Crippen LogP contribution in [0.3, 0.4) is 0 Å². The van der Waals surface area contributed by atoms with E-state index in [2.05, 4.69) is 4.99 Å². The van der Waals surface area contributed by atoms with Gasteiger partial charge >= 0.3 is 11.9 Å². The molecule has 0 saturated carbocycles. The fourth-order valence-electron chi connectivity index (χ4n) is 3.37. The SMILES string of the molecule is O=C(/C=C/c1ccccc1)Oc1ccccc1/C=C1/N=C(c2sc3ccccc3c2Cl)OC1=O. The summed E-state index contributed by atoms with van der Waals surface area (Å²) in [6.45, 7) is 0. The lowest BCUT2D eigenvalue weighted by Gasteiger charge is -2.05. The molecule has 1 aliphatic rings. The van der Waals surface area contributed by atoms with Gasteiger partial charge in [-0.25, -0.2) is 14.6 Å². The van der Waals surface area contributed by atoms with Gasteiger partial charge in [0.2, 0.25) is 5.90 Å². The first-order valence-electron chi connectivity index (χ1n) is 10.3. The van der Waals surface area contributed by atoms with Crippen LogP contribution in [-0.4, -0.2) is 17.8 Å². The molecule has 1 aromatic heterocycles. The predicted octanol–water partition coefficient (Wildman–Crippen LogP) is 6.52. The van der Waals surface area contributed by atoms with E-state index >= 15 is 0 Å². The van der Waals surface area contributed by atoms with Gasteiger partial charge in [-0.3, -0.25) is 0 Å². The molecule has 5 rings (SSSR count). The normalized spacial score (nSPS) is 14.6. The number of hydrogen-bond acceptors (Lipinski definition) is 6. The summed E-state index contributed by atoms with van der Waals surface area (Å²) in [6.07, 6.45) is 4.55. The first-order valence-corrected chi connectivity index (χ1v) is 11.5. The van der Waals surface area contributed by atoms with Crippen molar-refractivity contribution in [2.75, 3.05) is 0 Å². The molecule has 0 aliphatic carbocycles. The van der Waals surface area contributed by atoms with E-state index in [0.717, 1.165) is 15.6 Å². The zero-order valence-electron chi connectivity index (χ0n) is 17.6. The van der Waals surface area contributed by atoms with Crippen molar-refractivity contribution in [2.24, 2.45) is 4.99 Å².